The summed E-state index contributed by atoms with van der Waals surface area (Å²) in [6.07, 6.45) is 1.79. The lowest BCUT2D eigenvalue weighted by Gasteiger charge is -2.22. The zero-order valence-corrected chi connectivity index (χ0v) is 15.6. The number of hydrogen-bond donors (Lipinski definition) is 0. The van der Waals surface area contributed by atoms with E-state index in [1.807, 2.05) is 54.6 Å². The average molecular weight is 389 g/mol. The van der Waals surface area contributed by atoms with Crippen molar-refractivity contribution in [2.24, 2.45) is 5.16 Å². The Kier molecular flexibility index (Phi) is 6.31. The molecule has 0 aliphatic carbocycles. The zero-order valence-electron chi connectivity index (χ0n) is 14.1. The van der Waals surface area contributed by atoms with Crippen LogP contribution < -0.4 is 4.90 Å². The van der Waals surface area contributed by atoms with Crippen molar-refractivity contribution in [1.29, 1.82) is 0 Å². The van der Waals surface area contributed by atoms with Crippen LogP contribution in [0.5, 0.6) is 0 Å². The van der Waals surface area contributed by atoms with Gasteiger partial charge in [0, 0.05) is 36.1 Å². The van der Waals surface area contributed by atoms with Gasteiger partial charge in [-0.3, -0.25) is 0 Å². The molecule has 0 bridgehead atoms. The Morgan fingerprint density at radius 1 is 0.962 bits per heavy atom. The highest BCUT2D eigenvalue weighted by Gasteiger charge is 2.26. The Balaban J connectivity index is 1.84. The fourth-order valence-electron chi connectivity index (χ4n) is 2.74. The molecular weight excluding hydrogens is 371 g/mol. The molecule has 6 heteroatoms. The van der Waals surface area contributed by atoms with Gasteiger partial charge in [0.05, 0.1) is 5.57 Å². The van der Waals surface area contributed by atoms with E-state index >= 15 is 0 Å². The molecule has 2 aromatic rings. The SMILES string of the molecule is O=C1ON=C(c2ccccc2)/C1=C/c1ccc(N(CCCl)CCCl)cc1. The van der Waals surface area contributed by atoms with Crippen molar-refractivity contribution in [3.63, 3.8) is 0 Å². The first-order valence-corrected chi connectivity index (χ1v) is 9.33. The van der Waals surface area contributed by atoms with Gasteiger partial charge in [-0.15, -0.1) is 23.2 Å². The quantitative estimate of drug-likeness (QED) is 0.403. The minimum atomic E-state index is -0.446. The highest BCUT2D eigenvalue weighted by molar-refractivity contribution is 6.31. The number of alkyl halides is 2. The van der Waals surface area contributed by atoms with Gasteiger partial charge in [-0.1, -0.05) is 47.6 Å². The van der Waals surface area contributed by atoms with E-state index in [4.69, 9.17) is 28.0 Å². The van der Waals surface area contributed by atoms with Gasteiger partial charge in [0.25, 0.3) is 0 Å². The number of halogens is 2. The lowest BCUT2D eigenvalue weighted by atomic mass is 10.0. The monoisotopic (exact) mass is 388 g/mol. The molecule has 0 spiro atoms. The third-order valence-corrected chi connectivity index (χ3v) is 4.36. The molecule has 0 unspecified atom stereocenters. The molecule has 0 amide bonds. The molecule has 1 heterocycles. The van der Waals surface area contributed by atoms with Crippen molar-refractivity contribution in [1.82, 2.24) is 0 Å². The Morgan fingerprint density at radius 3 is 2.23 bits per heavy atom. The van der Waals surface area contributed by atoms with E-state index in [-0.39, 0.29) is 0 Å². The van der Waals surface area contributed by atoms with Gasteiger partial charge in [0.2, 0.25) is 0 Å². The Hall–Kier alpha value is -2.30. The smallest absolute Gasteiger partial charge is 0.368 e. The first-order valence-electron chi connectivity index (χ1n) is 8.26. The normalized spacial score (nSPS) is 15.1. The van der Waals surface area contributed by atoms with Crippen LogP contribution in [0.4, 0.5) is 5.69 Å². The van der Waals surface area contributed by atoms with Crippen LogP contribution >= 0.6 is 23.2 Å². The maximum absolute atomic E-state index is 12.1. The van der Waals surface area contributed by atoms with Crippen LogP contribution in [0.1, 0.15) is 11.1 Å². The standard InChI is InChI=1S/C20H18Cl2N2O2/c21-10-12-24(13-11-22)17-8-6-15(7-9-17)14-18-19(23-26-20(18)25)16-4-2-1-3-5-16/h1-9,14H,10-13H2/b18-14-. The van der Waals surface area contributed by atoms with Crippen molar-refractivity contribution >= 4 is 46.6 Å². The third kappa shape index (κ3) is 4.26. The van der Waals surface area contributed by atoms with Crippen LogP contribution in [-0.2, 0) is 9.63 Å². The van der Waals surface area contributed by atoms with Crippen molar-refractivity contribution in [3.05, 3.63) is 71.3 Å². The molecule has 1 aliphatic heterocycles. The van der Waals surface area contributed by atoms with Crippen molar-refractivity contribution in [2.75, 3.05) is 29.7 Å². The molecule has 0 N–H and O–H groups in total. The number of anilines is 1. The van der Waals surface area contributed by atoms with Gasteiger partial charge in [-0.25, -0.2) is 4.79 Å². The van der Waals surface area contributed by atoms with E-state index in [1.165, 1.54) is 0 Å². The van der Waals surface area contributed by atoms with E-state index < -0.39 is 5.97 Å². The summed E-state index contributed by atoms with van der Waals surface area (Å²) in [4.78, 5) is 19.1. The molecule has 134 valence electrons. The molecule has 4 nitrogen and oxygen atoms in total. The van der Waals surface area contributed by atoms with Gasteiger partial charge < -0.3 is 9.74 Å². The maximum atomic E-state index is 12.1. The molecule has 0 radical (unpaired) electrons. The van der Waals surface area contributed by atoms with Crippen LogP contribution in [0.3, 0.4) is 0 Å². The first kappa shape index (κ1) is 18.5. The van der Waals surface area contributed by atoms with Crippen LogP contribution in [0, 0.1) is 0 Å². The number of hydrogen-bond acceptors (Lipinski definition) is 4. The average Bonchev–Trinajstić information content (AvgIpc) is 3.03. The molecule has 3 rings (SSSR count). The zero-order chi connectivity index (χ0) is 18.4. The van der Waals surface area contributed by atoms with Crippen LogP contribution in [0.25, 0.3) is 6.08 Å². The van der Waals surface area contributed by atoms with Gasteiger partial charge in [-0.2, -0.15) is 0 Å². The van der Waals surface area contributed by atoms with Crippen LogP contribution in [0.2, 0.25) is 0 Å². The number of carbonyl (C=O) groups is 1. The summed E-state index contributed by atoms with van der Waals surface area (Å²) in [5.41, 5.74) is 3.77. The lowest BCUT2D eigenvalue weighted by Crippen LogP contribution is -2.27. The van der Waals surface area contributed by atoms with E-state index in [2.05, 4.69) is 10.1 Å². The van der Waals surface area contributed by atoms with Crippen LogP contribution in [-0.4, -0.2) is 36.5 Å². The van der Waals surface area contributed by atoms with Gasteiger partial charge in [0.15, 0.2) is 0 Å². The molecular formula is C20H18Cl2N2O2. The predicted molar refractivity (Wildman–Crippen MR) is 107 cm³/mol. The molecule has 0 aromatic heterocycles. The van der Waals surface area contributed by atoms with E-state index in [0.29, 0.717) is 23.0 Å². The summed E-state index contributed by atoms with van der Waals surface area (Å²) in [7, 11) is 0. The molecule has 0 atom stereocenters. The van der Waals surface area contributed by atoms with Crippen molar-refractivity contribution in [3.8, 4) is 0 Å². The second-order valence-electron chi connectivity index (χ2n) is 5.70. The largest absolute Gasteiger partial charge is 0.369 e. The minimum absolute atomic E-state index is 0.446. The summed E-state index contributed by atoms with van der Waals surface area (Å²) in [6, 6.07) is 17.4. The summed E-state index contributed by atoms with van der Waals surface area (Å²) < 4.78 is 0. The minimum Gasteiger partial charge on any atom is -0.369 e. The Morgan fingerprint density at radius 2 is 1.62 bits per heavy atom. The number of benzene rings is 2. The second-order valence-corrected chi connectivity index (χ2v) is 6.46. The molecule has 0 saturated carbocycles. The number of oxime groups is 1. The van der Waals surface area contributed by atoms with Gasteiger partial charge in [-0.05, 0) is 23.8 Å². The van der Waals surface area contributed by atoms with Gasteiger partial charge >= 0.3 is 5.97 Å². The highest BCUT2D eigenvalue weighted by atomic mass is 35.5. The fourth-order valence-corrected chi connectivity index (χ4v) is 3.14. The molecule has 0 fully saturated rings. The first-order chi connectivity index (χ1) is 12.7. The molecule has 0 saturated heterocycles. The molecule has 2 aromatic carbocycles. The predicted octanol–water partition coefficient (Wildman–Crippen LogP) is 4.32. The van der Waals surface area contributed by atoms with Gasteiger partial charge in [0.1, 0.15) is 5.71 Å². The van der Waals surface area contributed by atoms with Crippen molar-refractivity contribution < 1.29 is 9.63 Å². The van der Waals surface area contributed by atoms with E-state index in [0.717, 1.165) is 29.9 Å². The van der Waals surface area contributed by atoms with E-state index in [1.54, 1.807) is 6.08 Å². The number of rotatable bonds is 7. The molecule has 26 heavy (non-hydrogen) atoms. The summed E-state index contributed by atoms with van der Waals surface area (Å²) in [6.45, 7) is 1.46. The lowest BCUT2D eigenvalue weighted by molar-refractivity contribution is -0.136. The highest BCUT2D eigenvalue weighted by Crippen LogP contribution is 2.22. The van der Waals surface area contributed by atoms with Crippen molar-refractivity contribution in [2.45, 2.75) is 0 Å². The maximum Gasteiger partial charge on any atom is 0.368 e. The Labute approximate surface area is 162 Å². The topological polar surface area (TPSA) is 41.9 Å². The second kappa shape index (κ2) is 8.88. The number of nitrogens with zero attached hydrogens (tertiary/aromatic N) is 2. The summed E-state index contributed by atoms with van der Waals surface area (Å²) in [5.74, 6) is 0.621. The summed E-state index contributed by atoms with van der Waals surface area (Å²) in [5, 5.41) is 3.92. The number of carbonyl (C=O) groups excluding carboxylic acids is 1. The van der Waals surface area contributed by atoms with E-state index in [9.17, 15) is 4.79 Å². The fraction of sp³-hybridized carbons (Fsp3) is 0.200. The van der Waals surface area contributed by atoms with Crippen LogP contribution in [0.15, 0.2) is 65.3 Å². The third-order valence-electron chi connectivity index (χ3n) is 4.02. The Bertz CT molecular complexity index is 811. The molecule has 1 aliphatic rings. The summed E-state index contributed by atoms with van der Waals surface area (Å²) >= 11 is 11.7.